The zero-order valence-electron chi connectivity index (χ0n) is 4.09. The van der Waals surface area contributed by atoms with E-state index in [4.69, 9.17) is 28.6 Å². The molecule has 0 rings (SSSR count). The van der Waals surface area contributed by atoms with E-state index in [9.17, 15) is 0 Å². The van der Waals surface area contributed by atoms with Crippen molar-refractivity contribution in [3.8, 4) is 0 Å². The maximum atomic E-state index is 9.11. The Bertz CT molecular complexity index is 158. The number of rotatable bonds is 0. The monoisotopic (exact) mass is 283 g/mol. The van der Waals surface area contributed by atoms with Crippen molar-refractivity contribution in [2.75, 3.05) is 0 Å². The predicted octanol–water partition coefficient (Wildman–Crippen LogP) is -0.563. The molecule has 0 amide bonds. The number of hydrogen-bond donors (Lipinski definition) is 2. The summed E-state index contributed by atoms with van der Waals surface area (Å²) in [6, 6.07) is 0. The summed E-state index contributed by atoms with van der Waals surface area (Å²) in [7, 11) is -3.83. The summed E-state index contributed by atoms with van der Waals surface area (Å²) in [6.07, 6.45) is 0. The molecule has 0 bridgehead atoms. The van der Waals surface area contributed by atoms with Gasteiger partial charge >= 0.3 is 22.4 Å². The van der Waals surface area contributed by atoms with Crippen molar-refractivity contribution < 1.29 is 40.8 Å². The van der Waals surface area contributed by atoms with Crippen LogP contribution in [0.15, 0.2) is 0 Å². The molecule has 0 saturated carbocycles. The molecular formula is H2AgNO6S2. The van der Waals surface area contributed by atoms with Crippen molar-refractivity contribution in [3.63, 3.8) is 0 Å². The van der Waals surface area contributed by atoms with E-state index in [1.807, 2.05) is 0 Å². The Morgan fingerprint density at radius 2 is 1.40 bits per heavy atom. The van der Waals surface area contributed by atoms with Gasteiger partial charge in [0.05, 0.1) is 5.09 Å². The zero-order valence-corrected chi connectivity index (χ0v) is 7.21. The molecule has 2 N–H and O–H groups in total. The molecule has 66 valence electrons. The summed E-state index contributed by atoms with van der Waals surface area (Å²) in [5.41, 5.74) is 0. The van der Waals surface area contributed by atoms with Crippen LogP contribution in [0.1, 0.15) is 0 Å². The summed E-state index contributed by atoms with van der Waals surface area (Å²) < 4.78 is 24.0. The Balaban J connectivity index is -0.0000000910. The van der Waals surface area contributed by atoms with Gasteiger partial charge in [-0.1, -0.05) is 0 Å². The molecule has 10 heavy (non-hydrogen) atoms. The Morgan fingerprint density at radius 1 is 1.40 bits per heavy atom. The van der Waals surface area contributed by atoms with Crippen LogP contribution >= 0.6 is 0 Å². The summed E-state index contributed by atoms with van der Waals surface area (Å²) in [4.78, 5) is 8.25. The van der Waals surface area contributed by atoms with E-state index in [1.165, 1.54) is 0 Å². The Hall–Kier alpha value is 0.230. The van der Waals surface area contributed by atoms with Crippen LogP contribution in [0.4, 0.5) is 0 Å². The van der Waals surface area contributed by atoms with Crippen molar-refractivity contribution >= 4 is 20.2 Å². The summed E-state index contributed by atoms with van der Waals surface area (Å²) in [5, 5.41) is 14.8. The third kappa shape index (κ3) is 8110. The topological polar surface area (TPSA) is 124 Å². The van der Waals surface area contributed by atoms with Crippen molar-refractivity contribution in [1.82, 2.24) is 0 Å². The van der Waals surface area contributed by atoms with Crippen LogP contribution in [0.25, 0.3) is 0 Å². The smallest absolute Gasteiger partial charge is 0.356 e. The second-order valence-corrected chi connectivity index (χ2v) is 2.87. The number of hydrogen-bond acceptors (Lipinski definition) is 5. The van der Waals surface area contributed by atoms with Crippen LogP contribution in [-0.4, -0.2) is 18.4 Å². The van der Waals surface area contributed by atoms with Gasteiger partial charge in [0, 0.05) is 11.2 Å². The molecule has 0 atom stereocenters. The van der Waals surface area contributed by atoms with E-state index in [1.54, 1.807) is 0 Å². The SMILES string of the molecule is O=S(O)(O)=S.O=[N+]([O-])[O-].[Ag+]. The molecule has 10 heteroatoms. The van der Waals surface area contributed by atoms with Crippen molar-refractivity contribution in [1.29, 1.82) is 0 Å². The Labute approximate surface area is 76.4 Å². The van der Waals surface area contributed by atoms with Gasteiger partial charge in [0.25, 0.3) is 9.05 Å². The fourth-order valence-corrected chi connectivity index (χ4v) is 0. The standard InChI is InChI=1S/Ag.NO3.H2O3S2/c;2-1(3)4;1-5(2,3)4/h;;(H2,1,2,3,4)/q+1;-1;. The minimum atomic E-state index is -3.83. The summed E-state index contributed by atoms with van der Waals surface area (Å²) in [6.45, 7) is 0. The van der Waals surface area contributed by atoms with Gasteiger partial charge in [-0.25, -0.2) is 0 Å². The first kappa shape index (κ1) is 16.7. The quantitative estimate of drug-likeness (QED) is 0.347. The molecule has 7 nitrogen and oxygen atoms in total. The van der Waals surface area contributed by atoms with Crippen LogP contribution in [0.2, 0.25) is 0 Å². The molecule has 0 saturated heterocycles. The molecule has 0 aliphatic carbocycles. The fraction of sp³-hybridized carbons (Fsp3) is 0. The van der Waals surface area contributed by atoms with E-state index in [0.717, 1.165) is 0 Å². The molecule has 0 aromatic heterocycles. The van der Waals surface area contributed by atoms with Gasteiger partial charge < -0.3 is 15.3 Å². The van der Waals surface area contributed by atoms with E-state index in [-0.39, 0.29) is 22.4 Å². The molecule has 0 heterocycles. The first-order valence-electron chi connectivity index (χ1n) is 1.25. The predicted molar refractivity (Wildman–Crippen MR) is 31.1 cm³/mol. The van der Waals surface area contributed by atoms with Crippen LogP contribution in [0, 0.1) is 15.3 Å². The first-order valence-corrected chi connectivity index (χ1v) is 3.64. The molecule has 0 fully saturated rings. The third-order valence-corrected chi connectivity index (χ3v) is 0. The molecular weight excluding hydrogens is 282 g/mol. The van der Waals surface area contributed by atoms with Crippen LogP contribution in [0.5, 0.6) is 0 Å². The zero-order chi connectivity index (χ0) is 8.08. The molecule has 0 spiro atoms. The molecule has 0 radical (unpaired) electrons. The van der Waals surface area contributed by atoms with E-state index < -0.39 is 14.1 Å². The third-order valence-electron chi connectivity index (χ3n) is 0. The summed E-state index contributed by atoms with van der Waals surface area (Å²) >= 11 is 3.47. The average molecular weight is 284 g/mol. The Morgan fingerprint density at radius 3 is 1.40 bits per heavy atom. The van der Waals surface area contributed by atoms with Gasteiger partial charge in [-0.15, -0.1) is 0 Å². The van der Waals surface area contributed by atoms with Crippen molar-refractivity contribution in [2.45, 2.75) is 0 Å². The number of nitrogens with zero attached hydrogens (tertiary/aromatic N) is 1. The maximum absolute atomic E-state index is 9.11. The van der Waals surface area contributed by atoms with Crippen LogP contribution < -0.4 is 0 Å². The van der Waals surface area contributed by atoms with E-state index >= 15 is 0 Å². The van der Waals surface area contributed by atoms with Crippen LogP contribution in [-0.2, 0) is 42.6 Å². The fourth-order valence-electron chi connectivity index (χ4n) is 0. The van der Waals surface area contributed by atoms with Gasteiger partial charge in [0.1, 0.15) is 0 Å². The van der Waals surface area contributed by atoms with Crippen molar-refractivity contribution in [2.24, 2.45) is 0 Å². The van der Waals surface area contributed by atoms with Gasteiger partial charge in [-0.3, -0.25) is 9.11 Å². The second kappa shape index (κ2) is 7.34. The van der Waals surface area contributed by atoms with Gasteiger partial charge in [-0.2, -0.15) is 4.21 Å². The maximum Gasteiger partial charge on any atom is 1.00 e. The molecule has 0 aromatic carbocycles. The largest absolute Gasteiger partial charge is 1.00 e. The minimum absolute atomic E-state index is 0. The first-order chi connectivity index (χ1) is 3.73. The van der Waals surface area contributed by atoms with Gasteiger partial charge in [0.15, 0.2) is 0 Å². The van der Waals surface area contributed by atoms with Crippen LogP contribution in [0.3, 0.4) is 0 Å². The van der Waals surface area contributed by atoms with Gasteiger partial charge in [0.2, 0.25) is 0 Å². The minimum Gasteiger partial charge on any atom is -0.356 e. The Kier molecular flexibility index (Phi) is 12.2. The molecule has 0 aromatic rings. The van der Waals surface area contributed by atoms with E-state index in [2.05, 4.69) is 11.2 Å². The molecule has 0 aliphatic rings. The molecule has 0 unspecified atom stereocenters. The van der Waals surface area contributed by atoms with Gasteiger partial charge in [-0.05, 0) is 0 Å². The summed E-state index contributed by atoms with van der Waals surface area (Å²) in [5.74, 6) is 0. The second-order valence-electron chi connectivity index (χ2n) is 0.671. The molecule has 0 aliphatic heterocycles. The van der Waals surface area contributed by atoms with E-state index in [0.29, 0.717) is 0 Å². The van der Waals surface area contributed by atoms with Crippen molar-refractivity contribution in [3.05, 3.63) is 15.3 Å². The average Bonchev–Trinajstić information content (AvgIpc) is 1.19. The normalized spacial score (nSPS) is 8.20.